The number of amidine groups is 1. The lowest BCUT2D eigenvalue weighted by molar-refractivity contribution is -0.148. The molecule has 1 rings (SSSR count). The first-order chi connectivity index (χ1) is 7.51. The normalized spacial score (nSPS) is 24.9. The number of hydrogen-bond acceptors (Lipinski definition) is 3. The van der Waals surface area contributed by atoms with Crippen molar-refractivity contribution in [2.45, 2.75) is 18.6 Å². The Balaban J connectivity index is 2.75. The third-order valence-corrected chi connectivity index (χ3v) is 2.14. The van der Waals surface area contributed by atoms with E-state index in [1.165, 1.54) is 13.1 Å². The fraction of sp³-hybridized carbons (Fsp3) is 0.556. The van der Waals surface area contributed by atoms with E-state index in [0.717, 1.165) is 11.1 Å². The molecule has 0 spiro atoms. The molecule has 0 radical (unpaired) electrons. The van der Waals surface area contributed by atoms with Crippen LogP contribution in [0, 0.1) is 0 Å². The van der Waals surface area contributed by atoms with Crippen LogP contribution in [-0.4, -0.2) is 43.0 Å². The van der Waals surface area contributed by atoms with Gasteiger partial charge in [0.25, 0.3) is 5.92 Å². The fourth-order valence-corrected chi connectivity index (χ4v) is 1.26. The zero-order valence-electron chi connectivity index (χ0n) is 8.77. The van der Waals surface area contributed by atoms with E-state index >= 15 is 0 Å². The molecule has 1 amide bonds. The molecule has 90 valence electrons. The average molecular weight is 233 g/mol. The molecule has 1 heterocycles. The lowest BCUT2D eigenvalue weighted by Gasteiger charge is -2.24. The summed E-state index contributed by atoms with van der Waals surface area (Å²) in [4.78, 5) is 15.0. The number of aliphatic imine (C=N–C) groups is 1. The summed E-state index contributed by atoms with van der Waals surface area (Å²) in [5.41, 5.74) is 5.33. The van der Waals surface area contributed by atoms with Crippen LogP contribution in [0.4, 0.5) is 8.78 Å². The van der Waals surface area contributed by atoms with Gasteiger partial charge in [0.2, 0.25) is 6.41 Å². The number of carbonyl (C=O) groups excluding carboxylic acids is 1. The molecule has 1 atom stereocenters. The molecule has 1 aliphatic rings. The van der Waals surface area contributed by atoms with Gasteiger partial charge in [0.1, 0.15) is 5.84 Å². The third-order valence-electron chi connectivity index (χ3n) is 2.14. The Morgan fingerprint density at radius 3 is 2.81 bits per heavy atom. The van der Waals surface area contributed by atoms with Crippen molar-refractivity contribution < 1.29 is 18.3 Å². The van der Waals surface area contributed by atoms with Crippen molar-refractivity contribution in [1.29, 1.82) is 0 Å². The van der Waals surface area contributed by atoms with E-state index in [9.17, 15) is 13.6 Å². The maximum Gasteiger partial charge on any atom is 0.294 e. The maximum atomic E-state index is 13.2. The number of rotatable bonds is 4. The largest absolute Gasteiger partial charge is 0.384 e. The number of halogens is 2. The SMILES string of the molecule is CN=C(N)/C=C\N(C=O)[C@@H]1OCCC1(F)F. The first-order valence-corrected chi connectivity index (χ1v) is 4.64. The Hall–Kier alpha value is -1.50. The summed E-state index contributed by atoms with van der Waals surface area (Å²) < 4.78 is 31.3. The van der Waals surface area contributed by atoms with Gasteiger partial charge in [-0.05, 0) is 6.08 Å². The van der Waals surface area contributed by atoms with Gasteiger partial charge in [-0.3, -0.25) is 14.7 Å². The number of carbonyl (C=O) groups is 1. The van der Waals surface area contributed by atoms with Crippen molar-refractivity contribution in [3.05, 3.63) is 12.3 Å². The third kappa shape index (κ3) is 2.75. The summed E-state index contributed by atoms with van der Waals surface area (Å²) in [6.45, 7) is -0.0762. The van der Waals surface area contributed by atoms with Gasteiger partial charge in [-0.2, -0.15) is 0 Å². The molecule has 1 saturated heterocycles. The minimum atomic E-state index is -3.04. The number of nitrogens with zero attached hydrogens (tertiary/aromatic N) is 2. The quantitative estimate of drug-likeness (QED) is 0.432. The van der Waals surface area contributed by atoms with Crippen molar-refractivity contribution in [2.75, 3.05) is 13.7 Å². The zero-order valence-corrected chi connectivity index (χ0v) is 8.77. The second kappa shape index (κ2) is 5.02. The molecule has 5 nitrogen and oxygen atoms in total. The van der Waals surface area contributed by atoms with Gasteiger partial charge in [-0.1, -0.05) is 0 Å². The van der Waals surface area contributed by atoms with Gasteiger partial charge in [0.15, 0.2) is 6.23 Å². The van der Waals surface area contributed by atoms with Gasteiger partial charge in [0, 0.05) is 19.7 Å². The lowest BCUT2D eigenvalue weighted by atomic mass is 10.2. The molecule has 16 heavy (non-hydrogen) atoms. The Bertz CT molecular complexity index is 318. The Morgan fingerprint density at radius 2 is 2.38 bits per heavy atom. The fourth-order valence-electron chi connectivity index (χ4n) is 1.26. The van der Waals surface area contributed by atoms with E-state index in [0.29, 0.717) is 0 Å². The standard InChI is InChI=1S/C9H13F2N3O2/c1-13-7(12)2-4-14(6-15)8-9(10,11)3-5-16-8/h2,4,6,8H,3,5H2,1H3,(H2,12,13)/b4-2-/t8-/m1/s1. The molecule has 0 bridgehead atoms. The number of alkyl halides is 2. The number of amides is 1. The highest BCUT2D eigenvalue weighted by molar-refractivity contribution is 5.91. The molecule has 0 aromatic heterocycles. The van der Waals surface area contributed by atoms with Gasteiger partial charge in [0.05, 0.1) is 6.61 Å². The number of hydrogen-bond donors (Lipinski definition) is 1. The number of nitrogens with two attached hydrogens (primary N) is 1. The highest BCUT2D eigenvalue weighted by Crippen LogP contribution is 2.33. The minimum absolute atomic E-state index is 0.0762. The molecule has 0 unspecified atom stereocenters. The van der Waals surface area contributed by atoms with Crippen LogP contribution in [-0.2, 0) is 9.53 Å². The smallest absolute Gasteiger partial charge is 0.294 e. The van der Waals surface area contributed by atoms with Gasteiger partial charge >= 0.3 is 0 Å². The molecule has 1 fully saturated rings. The predicted molar refractivity (Wildman–Crippen MR) is 53.9 cm³/mol. The Morgan fingerprint density at radius 1 is 1.69 bits per heavy atom. The molecular formula is C9H13F2N3O2. The first-order valence-electron chi connectivity index (χ1n) is 4.64. The van der Waals surface area contributed by atoms with Gasteiger partial charge < -0.3 is 10.5 Å². The summed E-state index contributed by atoms with van der Waals surface area (Å²) in [5, 5.41) is 0. The first kappa shape index (κ1) is 12.6. The van der Waals surface area contributed by atoms with Crippen LogP contribution < -0.4 is 5.73 Å². The van der Waals surface area contributed by atoms with Gasteiger partial charge in [-0.25, -0.2) is 8.78 Å². The minimum Gasteiger partial charge on any atom is -0.384 e. The van der Waals surface area contributed by atoms with Crippen molar-refractivity contribution in [3.63, 3.8) is 0 Å². The van der Waals surface area contributed by atoms with E-state index in [2.05, 4.69) is 4.99 Å². The van der Waals surface area contributed by atoms with E-state index in [1.807, 2.05) is 0 Å². The molecule has 0 aromatic rings. The van der Waals surface area contributed by atoms with Crippen LogP contribution in [0.25, 0.3) is 0 Å². The van der Waals surface area contributed by atoms with Crippen molar-refractivity contribution in [3.8, 4) is 0 Å². The zero-order chi connectivity index (χ0) is 12.2. The van der Waals surface area contributed by atoms with Crippen LogP contribution in [0.5, 0.6) is 0 Å². The summed E-state index contributed by atoms with van der Waals surface area (Å²) in [7, 11) is 1.45. The summed E-state index contributed by atoms with van der Waals surface area (Å²) in [6, 6.07) is 0. The molecular weight excluding hydrogens is 220 g/mol. The van der Waals surface area contributed by atoms with Crippen LogP contribution >= 0.6 is 0 Å². The average Bonchev–Trinajstić information content (AvgIpc) is 2.59. The number of ether oxygens (including phenoxy) is 1. The maximum absolute atomic E-state index is 13.2. The lowest BCUT2D eigenvalue weighted by Crippen LogP contribution is -2.41. The predicted octanol–water partition coefficient (Wildman–Crippen LogP) is 0.327. The summed E-state index contributed by atoms with van der Waals surface area (Å²) in [5.74, 6) is -2.91. The second-order valence-corrected chi connectivity index (χ2v) is 3.25. The Labute approximate surface area is 91.6 Å². The van der Waals surface area contributed by atoms with Crippen molar-refractivity contribution in [2.24, 2.45) is 10.7 Å². The van der Waals surface area contributed by atoms with Crippen LogP contribution in [0.2, 0.25) is 0 Å². The molecule has 0 aliphatic carbocycles. The van der Waals surface area contributed by atoms with Crippen LogP contribution in [0.1, 0.15) is 6.42 Å². The Kier molecular flexibility index (Phi) is 3.94. The van der Waals surface area contributed by atoms with Gasteiger partial charge in [-0.15, -0.1) is 0 Å². The molecule has 1 aliphatic heterocycles. The molecule has 7 heteroatoms. The van der Waals surface area contributed by atoms with E-state index in [1.54, 1.807) is 0 Å². The summed E-state index contributed by atoms with van der Waals surface area (Å²) in [6.07, 6.45) is 0.688. The van der Waals surface area contributed by atoms with Crippen LogP contribution in [0.3, 0.4) is 0 Å². The highest BCUT2D eigenvalue weighted by atomic mass is 19.3. The van der Waals surface area contributed by atoms with Crippen LogP contribution in [0.15, 0.2) is 17.3 Å². The second-order valence-electron chi connectivity index (χ2n) is 3.25. The molecule has 0 saturated carbocycles. The van der Waals surface area contributed by atoms with E-state index in [4.69, 9.17) is 10.5 Å². The van der Waals surface area contributed by atoms with E-state index in [-0.39, 0.29) is 18.9 Å². The molecule has 0 aromatic carbocycles. The highest BCUT2D eigenvalue weighted by Gasteiger charge is 2.48. The monoisotopic (exact) mass is 233 g/mol. The van der Waals surface area contributed by atoms with Crippen molar-refractivity contribution >= 4 is 12.2 Å². The molecule has 2 N–H and O–H groups in total. The summed E-state index contributed by atoms with van der Waals surface area (Å²) >= 11 is 0. The van der Waals surface area contributed by atoms with E-state index < -0.39 is 18.6 Å². The topological polar surface area (TPSA) is 67.9 Å². The van der Waals surface area contributed by atoms with Crippen molar-refractivity contribution in [1.82, 2.24) is 4.90 Å².